The zero-order valence-corrected chi connectivity index (χ0v) is 17.0. The van der Waals surface area contributed by atoms with E-state index in [0.717, 1.165) is 6.55 Å². The average Bonchev–Trinajstić information content (AvgIpc) is 2.42. The third kappa shape index (κ3) is 6.19. The van der Waals surface area contributed by atoms with Gasteiger partial charge in [-0.25, -0.2) is 17.6 Å². The molecule has 0 aromatic rings. The number of hydrogen-bond donors (Lipinski definition) is 0. The first-order valence-corrected chi connectivity index (χ1v) is 13.4. The molecule has 0 saturated carbocycles. The quantitative estimate of drug-likeness (QED) is 0.370. The molecule has 0 bridgehead atoms. The Kier molecular flexibility index (Phi) is 8.83. The van der Waals surface area contributed by atoms with Gasteiger partial charge in [0, 0.05) is 6.04 Å². The average molecular weight is 432 g/mol. The van der Waals surface area contributed by atoms with Crippen LogP contribution >= 0.6 is 0 Å². The molecule has 0 aromatic carbocycles. The molecule has 139 valence electrons. The minimum absolute atomic E-state index is 0.865. The molecule has 0 aromatic heterocycles. The molecule has 0 spiro atoms. The molecule has 0 N–H and O–H groups in total. The van der Waals surface area contributed by atoms with E-state index in [-0.39, 0.29) is 0 Å². The van der Waals surface area contributed by atoms with Crippen LogP contribution in [-0.2, 0) is 8.85 Å². The predicted molar refractivity (Wildman–Crippen MR) is 77.1 cm³/mol. The van der Waals surface area contributed by atoms with Crippen molar-refractivity contribution in [1.29, 1.82) is 0 Å². The molecule has 0 atom stereocenters. The van der Waals surface area contributed by atoms with Crippen LogP contribution < -0.4 is 0 Å². The van der Waals surface area contributed by atoms with Crippen molar-refractivity contribution in [3.05, 3.63) is 0 Å². The zero-order valence-electron chi connectivity index (χ0n) is 13.0. The molecule has 0 aliphatic carbocycles. The Morgan fingerprint density at radius 1 is 0.875 bits per heavy atom. The summed E-state index contributed by atoms with van der Waals surface area (Å²) in [6.45, 7) is 0.273. The maximum absolute atomic E-state index is 13.7. The van der Waals surface area contributed by atoms with Gasteiger partial charge in [0.15, 0.2) is 8.56 Å². The fourth-order valence-corrected chi connectivity index (χ4v) is 6.54. The summed E-state index contributed by atoms with van der Waals surface area (Å²) in [4.78, 5) is 0. The minimum atomic E-state index is -4.57. The van der Waals surface area contributed by atoms with Gasteiger partial charge in [0.2, 0.25) is 10.5 Å². The Labute approximate surface area is 143 Å². The van der Waals surface area contributed by atoms with Crippen LogP contribution in [-0.4, -0.2) is 73.4 Å². The normalized spacial score (nSPS) is 14.8. The van der Waals surface area contributed by atoms with Crippen LogP contribution in [0, 0.1) is 0 Å². The molecule has 0 aliphatic heterocycles. The minimum Gasteiger partial charge on any atom is -0.414 e. The molecule has 0 heterocycles. The lowest BCUT2D eigenvalue weighted by Gasteiger charge is -2.31. The summed E-state index contributed by atoms with van der Waals surface area (Å²) in [5.74, 6) is -13.7. The van der Waals surface area contributed by atoms with Crippen LogP contribution in [0.15, 0.2) is 0 Å². The first-order chi connectivity index (χ1) is 10.6. The zero-order chi connectivity index (χ0) is 19.4. The first-order valence-electron chi connectivity index (χ1n) is 6.41. The van der Waals surface area contributed by atoms with E-state index < -0.39 is 69.0 Å². The van der Waals surface area contributed by atoms with E-state index in [1.54, 1.807) is 0 Å². The third-order valence-electron chi connectivity index (χ3n) is 2.93. The molecule has 14 heteroatoms. The van der Waals surface area contributed by atoms with Gasteiger partial charge < -0.3 is 8.85 Å². The van der Waals surface area contributed by atoms with Gasteiger partial charge in [-0.1, -0.05) is 19.6 Å². The van der Waals surface area contributed by atoms with Crippen molar-refractivity contribution in [3.63, 3.8) is 0 Å². The molecule has 0 unspecified atom stereocenters. The second kappa shape index (κ2) is 8.74. The van der Waals surface area contributed by atoms with Crippen molar-refractivity contribution < 1.29 is 44.0 Å². The molecular formula is C10H15F8O2Si4. The lowest BCUT2D eigenvalue weighted by Crippen LogP contribution is -2.53. The number of rotatable bonds is 11. The summed E-state index contributed by atoms with van der Waals surface area (Å²) in [5.41, 5.74) is -4.34. The van der Waals surface area contributed by atoms with Gasteiger partial charge in [-0.2, -0.15) is 17.6 Å². The highest BCUT2D eigenvalue weighted by Crippen LogP contribution is 2.39. The molecule has 0 saturated heterocycles. The second-order valence-electron chi connectivity index (χ2n) is 5.12. The molecule has 0 fully saturated rings. The maximum atomic E-state index is 13.7. The highest BCUT2D eigenvalue weighted by atomic mass is 29.2. The van der Waals surface area contributed by atoms with Crippen molar-refractivity contribution in [1.82, 2.24) is 0 Å². The van der Waals surface area contributed by atoms with Gasteiger partial charge in [0.1, 0.15) is 22.7 Å². The molecule has 7 radical (unpaired) electrons. The van der Waals surface area contributed by atoms with Crippen LogP contribution in [0.5, 0.6) is 0 Å². The molecule has 0 aliphatic rings. The van der Waals surface area contributed by atoms with Gasteiger partial charge in [0.05, 0.1) is 8.31 Å². The fourth-order valence-electron chi connectivity index (χ4n) is 1.35. The van der Waals surface area contributed by atoms with Crippen LogP contribution in [0.3, 0.4) is 0 Å². The van der Waals surface area contributed by atoms with E-state index in [4.69, 9.17) is 0 Å². The van der Waals surface area contributed by atoms with E-state index in [9.17, 15) is 35.1 Å². The van der Waals surface area contributed by atoms with Gasteiger partial charge in [-0.05, 0) is 0 Å². The van der Waals surface area contributed by atoms with E-state index >= 15 is 0 Å². The summed E-state index contributed by atoms with van der Waals surface area (Å²) >= 11 is 0. The largest absolute Gasteiger partial charge is 0.414 e. The standard InChI is InChI=1S/C10H15F8O2Si4/c1-22-10(17,18)8(13,14)5-20-24(23(2)3)6-9(15,16)7(11,12)4-19-21/h4-6H2,1-3H3. The molecule has 2 nitrogen and oxygen atoms in total. The smallest absolute Gasteiger partial charge is 0.331 e. The monoisotopic (exact) mass is 431 g/mol. The van der Waals surface area contributed by atoms with Crippen molar-refractivity contribution >= 4 is 36.9 Å². The fraction of sp³-hybridized carbons (Fsp3) is 1.00. The van der Waals surface area contributed by atoms with E-state index in [1.165, 1.54) is 13.1 Å². The van der Waals surface area contributed by atoms with Crippen molar-refractivity contribution in [2.24, 2.45) is 0 Å². The Morgan fingerprint density at radius 3 is 1.75 bits per heavy atom. The number of hydrogen-bond acceptors (Lipinski definition) is 2. The van der Waals surface area contributed by atoms with Gasteiger partial charge in [-0.3, -0.25) is 0 Å². The van der Waals surface area contributed by atoms with Crippen molar-refractivity contribution in [3.8, 4) is 0 Å². The molecule has 24 heavy (non-hydrogen) atoms. The molecule has 0 rings (SSSR count). The van der Waals surface area contributed by atoms with Crippen LogP contribution in [0.2, 0.25) is 25.7 Å². The summed E-state index contributed by atoms with van der Waals surface area (Å²) < 4.78 is 116. The first kappa shape index (κ1) is 24.2. The summed E-state index contributed by atoms with van der Waals surface area (Å²) in [6.07, 6.45) is 0. The Balaban J connectivity index is 5.08. The van der Waals surface area contributed by atoms with Crippen LogP contribution in [0.1, 0.15) is 0 Å². The molecular weight excluding hydrogens is 416 g/mol. The highest BCUT2D eigenvalue weighted by Gasteiger charge is 2.59. The van der Waals surface area contributed by atoms with Gasteiger partial charge in [0.25, 0.3) is 5.55 Å². The predicted octanol–water partition coefficient (Wildman–Crippen LogP) is 3.18. The van der Waals surface area contributed by atoms with Gasteiger partial charge >= 0.3 is 17.8 Å². The lowest BCUT2D eigenvalue weighted by molar-refractivity contribution is -0.212. The SMILES string of the molecule is C[Si]C(F)(F)C(F)(F)CO[Si](CC(F)(F)C(F)(F)CO[Si])[Si](C)C. The van der Waals surface area contributed by atoms with E-state index in [0.29, 0.717) is 0 Å². The number of alkyl halides is 8. The summed E-state index contributed by atoms with van der Waals surface area (Å²) in [6, 6.07) is -1.47. The number of halogens is 8. The lowest BCUT2D eigenvalue weighted by atomic mass is 10.2. The second-order valence-corrected chi connectivity index (χ2v) is 14.7. The Bertz CT molecular complexity index is 397. The Morgan fingerprint density at radius 2 is 1.38 bits per heavy atom. The maximum Gasteiger partial charge on any atom is 0.331 e. The summed E-state index contributed by atoms with van der Waals surface area (Å²) in [7, 11) is -3.87. The van der Waals surface area contributed by atoms with Crippen molar-refractivity contribution in [2.75, 3.05) is 13.2 Å². The van der Waals surface area contributed by atoms with Crippen LogP contribution in [0.4, 0.5) is 35.1 Å². The highest BCUT2D eigenvalue weighted by molar-refractivity contribution is 7.18. The van der Waals surface area contributed by atoms with Crippen molar-refractivity contribution in [2.45, 2.75) is 49.0 Å². The Hall–Kier alpha value is 0.228. The van der Waals surface area contributed by atoms with E-state index in [2.05, 4.69) is 19.3 Å². The van der Waals surface area contributed by atoms with E-state index in [1.807, 2.05) is 0 Å². The topological polar surface area (TPSA) is 18.5 Å². The van der Waals surface area contributed by atoms with Gasteiger partial charge in [-0.15, -0.1) is 0 Å². The summed E-state index contributed by atoms with van der Waals surface area (Å²) in [5, 5.41) is 0. The third-order valence-corrected chi connectivity index (χ3v) is 10.8. The molecule has 0 amide bonds. The van der Waals surface area contributed by atoms with Crippen LogP contribution in [0.25, 0.3) is 0 Å².